The Morgan fingerprint density at radius 1 is 0.921 bits per heavy atom. The van der Waals surface area contributed by atoms with Crippen molar-refractivity contribution in [2.75, 3.05) is 25.2 Å². The lowest BCUT2D eigenvalue weighted by Crippen LogP contribution is -2.45. The quantitative estimate of drug-likeness (QED) is 0.332. The fourth-order valence-corrected chi connectivity index (χ4v) is 4.30. The molecule has 1 N–H and O–H groups in total. The summed E-state index contributed by atoms with van der Waals surface area (Å²) in [5.41, 5.74) is -3.07. The average Bonchev–Trinajstić information content (AvgIpc) is 3.24. The van der Waals surface area contributed by atoms with Gasteiger partial charge in [-0.3, -0.25) is 4.90 Å². The first kappa shape index (κ1) is 27.3. The number of benzene rings is 3. The van der Waals surface area contributed by atoms with Crippen LogP contribution in [0.1, 0.15) is 35.3 Å². The minimum Gasteiger partial charge on any atom is -0.497 e. The second kappa shape index (κ2) is 10.2. The first-order valence-electron chi connectivity index (χ1n) is 11.5. The Morgan fingerprint density at radius 2 is 1.55 bits per heavy atom. The maximum atomic E-state index is 13.3. The van der Waals surface area contributed by atoms with Crippen molar-refractivity contribution >= 4 is 11.7 Å². The van der Waals surface area contributed by atoms with Crippen LogP contribution in [0.3, 0.4) is 0 Å². The summed E-state index contributed by atoms with van der Waals surface area (Å²) in [7, 11) is 1.49. The second-order valence-electron chi connectivity index (χ2n) is 8.96. The fourth-order valence-electron chi connectivity index (χ4n) is 4.30. The molecular weight excluding hydrogens is 514 g/mol. The second-order valence-corrected chi connectivity index (χ2v) is 8.96. The van der Waals surface area contributed by atoms with Crippen molar-refractivity contribution in [2.45, 2.75) is 30.9 Å². The van der Waals surface area contributed by atoms with Gasteiger partial charge in [-0.15, -0.1) is 0 Å². The number of rotatable bonds is 7. The number of hydrogen-bond donors (Lipinski definition) is 1. The van der Waals surface area contributed by atoms with E-state index in [-0.39, 0.29) is 24.8 Å². The van der Waals surface area contributed by atoms with E-state index in [2.05, 4.69) is 5.32 Å². The predicted molar refractivity (Wildman–Crippen MR) is 128 cm³/mol. The van der Waals surface area contributed by atoms with Gasteiger partial charge in [0.25, 0.3) is 0 Å². The van der Waals surface area contributed by atoms with Crippen LogP contribution < -0.4 is 15.0 Å². The molecule has 0 aromatic heterocycles. The number of halogens is 6. The number of ether oxygens (including phenoxy) is 2. The first-order chi connectivity index (χ1) is 17.8. The summed E-state index contributed by atoms with van der Waals surface area (Å²) >= 11 is 0. The highest BCUT2D eigenvalue weighted by molar-refractivity contribution is 5.95. The number of hydrogen-bond acceptors (Lipinski definition) is 3. The van der Waals surface area contributed by atoms with E-state index in [0.29, 0.717) is 29.1 Å². The molecule has 1 heterocycles. The molecule has 2 atom stereocenters. The topological polar surface area (TPSA) is 50.8 Å². The number of anilines is 1. The van der Waals surface area contributed by atoms with Gasteiger partial charge in [0.2, 0.25) is 0 Å². The van der Waals surface area contributed by atoms with Gasteiger partial charge in [-0.05, 0) is 48.4 Å². The minimum atomic E-state index is -4.97. The largest absolute Gasteiger partial charge is 0.497 e. The fraction of sp³-hybridized carbons (Fsp3) is 0.296. The van der Waals surface area contributed by atoms with Crippen LogP contribution >= 0.6 is 0 Å². The van der Waals surface area contributed by atoms with Crippen molar-refractivity contribution in [3.8, 4) is 5.75 Å². The Morgan fingerprint density at radius 3 is 2.13 bits per heavy atom. The van der Waals surface area contributed by atoms with E-state index in [1.54, 1.807) is 54.6 Å². The Labute approximate surface area is 215 Å². The van der Waals surface area contributed by atoms with Gasteiger partial charge in [-0.2, -0.15) is 26.3 Å². The summed E-state index contributed by atoms with van der Waals surface area (Å²) in [6.45, 7) is 1.24. The lowest BCUT2D eigenvalue weighted by Gasteiger charge is -2.31. The Balaban J connectivity index is 1.65. The molecule has 3 aromatic rings. The zero-order chi connectivity index (χ0) is 27.7. The van der Waals surface area contributed by atoms with Crippen LogP contribution in [0.4, 0.5) is 36.8 Å². The Kier molecular flexibility index (Phi) is 7.33. The lowest BCUT2D eigenvalue weighted by atomic mass is 9.91. The van der Waals surface area contributed by atoms with E-state index in [1.165, 1.54) is 18.9 Å². The smallest absolute Gasteiger partial charge is 0.416 e. The first-order valence-corrected chi connectivity index (χ1v) is 11.5. The molecule has 38 heavy (non-hydrogen) atoms. The van der Waals surface area contributed by atoms with Gasteiger partial charge < -0.3 is 14.8 Å². The van der Waals surface area contributed by atoms with E-state index in [1.807, 2.05) is 0 Å². The molecule has 0 unspecified atom stereocenters. The summed E-state index contributed by atoms with van der Waals surface area (Å²) in [4.78, 5) is 14.5. The maximum Gasteiger partial charge on any atom is 0.416 e. The van der Waals surface area contributed by atoms with Crippen LogP contribution in [0.15, 0.2) is 72.8 Å². The molecule has 1 aliphatic heterocycles. The third kappa shape index (κ3) is 5.72. The molecule has 0 radical (unpaired) electrons. The van der Waals surface area contributed by atoms with E-state index < -0.39 is 41.2 Å². The third-order valence-electron chi connectivity index (χ3n) is 6.37. The molecular formula is C27H24F6N2O3. The molecule has 3 aromatic carbocycles. The zero-order valence-corrected chi connectivity index (χ0v) is 20.4. The monoisotopic (exact) mass is 538 g/mol. The van der Waals surface area contributed by atoms with Gasteiger partial charge in [0.15, 0.2) is 0 Å². The number of nitrogens with one attached hydrogen (secondary N) is 1. The van der Waals surface area contributed by atoms with Crippen LogP contribution in [0, 0.1) is 0 Å². The van der Waals surface area contributed by atoms with Gasteiger partial charge in [-0.1, -0.05) is 36.4 Å². The minimum absolute atomic E-state index is 0.0743. The normalized spacial score (nSPS) is 18.8. The Hall–Kier alpha value is -3.73. The van der Waals surface area contributed by atoms with Crippen molar-refractivity contribution in [1.82, 2.24) is 5.32 Å². The molecule has 5 nitrogen and oxygen atoms in total. The summed E-state index contributed by atoms with van der Waals surface area (Å²) < 4.78 is 91.2. The molecule has 202 valence electrons. The van der Waals surface area contributed by atoms with E-state index in [4.69, 9.17) is 9.47 Å². The Bertz CT molecular complexity index is 1260. The van der Waals surface area contributed by atoms with Crippen LogP contribution in [-0.2, 0) is 22.6 Å². The number of carbonyl (C=O) groups excluding carboxylic acids is 1. The van der Waals surface area contributed by atoms with Crippen molar-refractivity contribution in [3.05, 3.63) is 95.1 Å². The highest BCUT2D eigenvalue weighted by Crippen LogP contribution is 2.39. The number of nitrogens with zero attached hydrogens (tertiary/aromatic N) is 1. The van der Waals surface area contributed by atoms with Gasteiger partial charge in [0.05, 0.1) is 37.5 Å². The van der Waals surface area contributed by atoms with Crippen LogP contribution in [0.5, 0.6) is 5.75 Å². The number of urea groups is 1. The summed E-state index contributed by atoms with van der Waals surface area (Å²) in [5, 5.41) is 2.91. The molecule has 0 bridgehead atoms. The molecule has 0 saturated carbocycles. The number of amides is 2. The molecule has 11 heteroatoms. The van der Waals surface area contributed by atoms with Crippen molar-refractivity contribution in [2.24, 2.45) is 0 Å². The summed E-state index contributed by atoms with van der Waals surface area (Å²) in [6, 6.07) is 16.5. The van der Waals surface area contributed by atoms with E-state index in [0.717, 1.165) is 0 Å². The van der Waals surface area contributed by atoms with E-state index in [9.17, 15) is 31.1 Å². The van der Waals surface area contributed by atoms with Gasteiger partial charge in [0.1, 0.15) is 11.3 Å². The highest BCUT2D eigenvalue weighted by Gasteiger charge is 2.45. The SMILES string of the molecule is COc1cccc(N2C[C@@](CO[C@H](C)c3cc(C(F)(F)F)cc(C(F)(F)F)c3)(c3ccccc3)NC2=O)c1. The number of methoxy groups -OCH3 is 1. The van der Waals surface area contributed by atoms with Gasteiger partial charge >= 0.3 is 18.4 Å². The van der Waals surface area contributed by atoms with Crippen molar-refractivity contribution < 1.29 is 40.6 Å². The molecule has 1 fully saturated rings. The van der Waals surface area contributed by atoms with Crippen molar-refractivity contribution in [3.63, 3.8) is 0 Å². The van der Waals surface area contributed by atoms with Gasteiger partial charge in [0, 0.05) is 11.8 Å². The summed E-state index contributed by atoms with van der Waals surface area (Å²) in [5.74, 6) is 0.530. The maximum absolute atomic E-state index is 13.3. The molecule has 0 spiro atoms. The highest BCUT2D eigenvalue weighted by atomic mass is 19.4. The standard InChI is InChI=1S/C27H24F6N2O3/c1-17(18-11-20(26(28,29)30)13-21(12-18)27(31,32)33)38-16-25(19-7-4-3-5-8-19)15-35(24(36)34-25)22-9-6-10-23(14-22)37-2/h3-14,17H,15-16H2,1-2H3,(H,34,36)/t17-,25-/m1/s1. The average molecular weight is 538 g/mol. The van der Waals surface area contributed by atoms with Crippen LogP contribution in [0.2, 0.25) is 0 Å². The van der Waals surface area contributed by atoms with Crippen LogP contribution in [-0.4, -0.2) is 26.3 Å². The molecule has 1 aliphatic rings. The molecule has 2 amide bonds. The molecule has 0 aliphatic carbocycles. The third-order valence-corrected chi connectivity index (χ3v) is 6.37. The van der Waals surface area contributed by atoms with Gasteiger partial charge in [-0.25, -0.2) is 4.79 Å². The van der Waals surface area contributed by atoms with Crippen LogP contribution in [0.25, 0.3) is 0 Å². The molecule has 1 saturated heterocycles. The number of alkyl halides is 6. The predicted octanol–water partition coefficient (Wildman–Crippen LogP) is 6.94. The lowest BCUT2D eigenvalue weighted by molar-refractivity contribution is -0.143. The molecule has 4 rings (SSSR count). The zero-order valence-electron chi connectivity index (χ0n) is 20.4. The van der Waals surface area contributed by atoms with E-state index >= 15 is 0 Å². The van der Waals surface area contributed by atoms with Crippen molar-refractivity contribution in [1.29, 1.82) is 0 Å². The summed E-state index contributed by atoms with van der Waals surface area (Å²) in [6.07, 6.45) is -11.1. The number of carbonyl (C=O) groups is 1.